The molecular weight excluding hydrogens is 188 g/mol. The van der Waals surface area contributed by atoms with E-state index in [1.165, 1.54) is 19.3 Å². The van der Waals surface area contributed by atoms with E-state index in [0.29, 0.717) is 0 Å². The van der Waals surface area contributed by atoms with Crippen molar-refractivity contribution in [3.8, 4) is 0 Å². The molecule has 5 heteroatoms. The van der Waals surface area contributed by atoms with Crippen LogP contribution in [0.1, 0.15) is 25.1 Å². The van der Waals surface area contributed by atoms with Crippen molar-refractivity contribution in [1.29, 1.82) is 0 Å². The summed E-state index contributed by atoms with van der Waals surface area (Å²) in [5.74, 6) is 1.66. The second kappa shape index (κ2) is 3.46. The fourth-order valence-electron chi connectivity index (χ4n) is 1.45. The van der Waals surface area contributed by atoms with E-state index < -0.39 is 0 Å². The van der Waals surface area contributed by atoms with Crippen molar-refractivity contribution >= 4 is 17.5 Å². The van der Waals surface area contributed by atoms with Crippen molar-refractivity contribution in [3.63, 3.8) is 0 Å². The number of nitrogen functional groups attached to an aromatic ring is 1. The summed E-state index contributed by atoms with van der Waals surface area (Å²) in [6.07, 6.45) is 4.73. The minimum Gasteiger partial charge on any atom is -0.368 e. The maximum absolute atomic E-state index is 5.65. The summed E-state index contributed by atoms with van der Waals surface area (Å²) in [5, 5.41) is 0.196. The van der Waals surface area contributed by atoms with Gasteiger partial charge in [0.1, 0.15) is 5.82 Å². The first-order valence-electron chi connectivity index (χ1n) is 4.40. The molecule has 1 aliphatic rings. The molecule has 0 aromatic carbocycles. The zero-order chi connectivity index (χ0) is 9.26. The summed E-state index contributed by atoms with van der Waals surface area (Å²) < 4.78 is 0. The number of hydrogen-bond acceptors (Lipinski definition) is 4. The molecule has 0 saturated heterocycles. The van der Waals surface area contributed by atoms with Gasteiger partial charge in [0.05, 0.1) is 0 Å². The van der Waals surface area contributed by atoms with Crippen LogP contribution in [0.15, 0.2) is 0 Å². The zero-order valence-electron chi connectivity index (χ0n) is 7.20. The van der Waals surface area contributed by atoms with Crippen LogP contribution in [0.5, 0.6) is 0 Å². The van der Waals surface area contributed by atoms with Gasteiger partial charge in [0, 0.05) is 6.42 Å². The molecule has 1 saturated carbocycles. The molecule has 2 rings (SSSR count). The normalized spacial score (nSPS) is 17.0. The van der Waals surface area contributed by atoms with E-state index in [-0.39, 0.29) is 11.2 Å². The number of nitrogens with two attached hydrogens (primary N) is 1. The van der Waals surface area contributed by atoms with Crippen LogP contribution in [0.3, 0.4) is 0 Å². The highest BCUT2D eigenvalue weighted by Crippen LogP contribution is 2.28. The van der Waals surface area contributed by atoms with Gasteiger partial charge in [-0.15, -0.1) is 0 Å². The first kappa shape index (κ1) is 8.69. The highest BCUT2D eigenvalue weighted by atomic mass is 35.5. The van der Waals surface area contributed by atoms with E-state index in [9.17, 15) is 0 Å². The van der Waals surface area contributed by atoms with Gasteiger partial charge in [0.25, 0.3) is 0 Å². The molecule has 0 radical (unpaired) electrons. The molecule has 0 unspecified atom stereocenters. The topological polar surface area (TPSA) is 64.7 Å². The standard InChI is InChI=1S/C8H11ClN4/c9-7-11-6(12-8(10)13-7)4-5-2-1-3-5/h5H,1-4H2,(H2,10,11,12,13). The second-order valence-corrected chi connectivity index (χ2v) is 3.72. The predicted octanol–water partition coefficient (Wildman–Crippen LogP) is 1.45. The van der Waals surface area contributed by atoms with E-state index in [1.807, 2.05) is 0 Å². The molecule has 1 aromatic rings. The molecule has 1 aromatic heterocycles. The molecule has 0 spiro atoms. The molecule has 0 atom stereocenters. The lowest BCUT2D eigenvalue weighted by molar-refractivity contribution is 0.309. The van der Waals surface area contributed by atoms with Crippen molar-refractivity contribution in [2.24, 2.45) is 5.92 Å². The van der Waals surface area contributed by atoms with Crippen molar-refractivity contribution < 1.29 is 0 Å². The van der Waals surface area contributed by atoms with Gasteiger partial charge in [-0.05, 0) is 17.5 Å². The zero-order valence-corrected chi connectivity index (χ0v) is 7.96. The van der Waals surface area contributed by atoms with Gasteiger partial charge in [-0.25, -0.2) is 4.98 Å². The summed E-state index contributed by atoms with van der Waals surface area (Å²) >= 11 is 5.65. The number of nitrogens with zero attached hydrogens (tertiary/aromatic N) is 3. The Labute approximate surface area is 81.6 Å². The molecule has 1 heterocycles. The number of rotatable bonds is 2. The molecular formula is C8H11ClN4. The van der Waals surface area contributed by atoms with Gasteiger partial charge in [0.15, 0.2) is 0 Å². The summed E-state index contributed by atoms with van der Waals surface area (Å²) in [6.45, 7) is 0. The Morgan fingerprint density at radius 3 is 2.62 bits per heavy atom. The molecule has 1 fully saturated rings. The van der Waals surface area contributed by atoms with Crippen LogP contribution in [-0.2, 0) is 6.42 Å². The average molecular weight is 199 g/mol. The number of anilines is 1. The molecule has 70 valence electrons. The van der Waals surface area contributed by atoms with Crippen LogP contribution < -0.4 is 5.73 Å². The van der Waals surface area contributed by atoms with Crippen LogP contribution in [0, 0.1) is 5.92 Å². The quantitative estimate of drug-likeness (QED) is 0.781. The fraction of sp³-hybridized carbons (Fsp3) is 0.625. The monoisotopic (exact) mass is 198 g/mol. The van der Waals surface area contributed by atoms with Crippen LogP contribution in [0.4, 0.5) is 5.95 Å². The molecule has 0 bridgehead atoms. The third-order valence-corrected chi connectivity index (χ3v) is 2.54. The summed E-state index contributed by atoms with van der Waals surface area (Å²) in [4.78, 5) is 11.8. The molecule has 1 aliphatic carbocycles. The van der Waals surface area contributed by atoms with Gasteiger partial charge >= 0.3 is 0 Å². The molecule has 13 heavy (non-hydrogen) atoms. The van der Waals surface area contributed by atoms with E-state index in [1.54, 1.807) is 0 Å². The Bertz CT molecular complexity index is 291. The van der Waals surface area contributed by atoms with Gasteiger partial charge in [-0.3, -0.25) is 0 Å². The van der Waals surface area contributed by atoms with Crippen molar-refractivity contribution in [3.05, 3.63) is 11.1 Å². The highest BCUT2D eigenvalue weighted by molar-refractivity contribution is 6.28. The number of aromatic nitrogens is 3. The number of hydrogen-bond donors (Lipinski definition) is 1. The Morgan fingerprint density at radius 1 is 1.31 bits per heavy atom. The lowest BCUT2D eigenvalue weighted by Gasteiger charge is -2.24. The smallest absolute Gasteiger partial charge is 0.227 e. The van der Waals surface area contributed by atoms with Gasteiger partial charge in [-0.1, -0.05) is 19.3 Å². The average Bonchev–Trinajstić information content (AvgIpc) is 1.95. The van der Waals surface area contributed by atoms with Crippen LogP contribution in [0.2, 0.25) is 5.28 Å². The van der Waals surface area contributed by atoms with Gasteiger partial charge < -0.3 is 5.73 Å². The van der Waals surface area contributed by atoms with E-state index >= 15 is 0 Å². The second-order valence-electron chi connectivity index (χ2n) is 3.38. The third-order valence-electron chi connectivity index (χ3n) is 2.37. The van der Waals surface area contributed by atoms with Crippen LogP contribution >= 0.6 is 11.6 Å². The van der Waals surface area contributed by atoms with Crippen molar-refractivity contribution in [2.45, 2.75) is 25.7 Å². The first-order chi connectivity index (χ1) is 6.24. The van der Waals surface area contributed by atoms with Gasteiger partial charge in [0.2, 0.25) is 11.2 Å². The molecule has 0 amide bonds. The lowest BCUT2D eigenvalue weighted by atomic mass is 9.83. The first-order valence-corrected chi connectivity index (χ1v) is 4.78. The molecule has 2 N–H and O–H groups in total. The molecule has 4 nitrogen and oxygen atoms in total. The molecule has 0 aliphatic heterocycles. The van der Waals surface area contributed by atoms with E-state index in [2.05, 4.69) is 15.0 Å². The Morgan fingerprint density at radius 2 is 2.08 bits per heavy atom. The van der Waals surface area contributed by atoms with E-state index in [0.717, 1.165) is 18.2 Å². The Hall–Kier alpha value is -0.900. The third kappa shape index (κ3) is 2.06. The SMILES string of the molecule is Nc1nc(Cl)nc(CC2CCC2)n1. The summed E-state index contributed by atoms with van der Waals surface area (Å²) in [5.41, 5.74) is 5.45. The van der Waals surface area contributed by atoms with Gasteiger partial charge in [-0.2, -0.15) is 9.97 Å². The predicted molar refractivity (Wildman–Crippen MR) is 50.3 cm³/mol. The van der Waals surface area contributed by atoms with E-state index in [4.69, 9.17) is 17.3 Å². The van der Waals surface area contributed by atoms with Crippen molar-refractivity contribution in [2.75, 3.05) is 5.73 Å². The minimum atomic E-state index is 0.196. The lowest BCUT2D eigenvalue weighted by Crippen LogP contribution is -2.16. The Kier molecular flexibility index (Phi) is 2.31. The minimum absolute atomic E-state index is 0.196. The largest absolute Gasteiger partial charge is 0.368 e. The summed E-state index contributed by atoms with van der Waals surface area (Å²) in [7, 11) is 0. The van der Waals surface area contributed by atoms with Crippen LogP contribution in [-0.4, -0.2) is 15.0 Å². The Balaban J connectivity index is 2.10. The fourth-order valence-corrected chi connectivity index (χ4v) is 1.64. The maximum atomic E-state index is 5.65. The maximum Gasteiger partial charge on any atom is 0.227 e. The highest BCUT2D eigenvalue weighted by Gasteiger charge is 2.19. The van der Waals surface area contributed by atoms with Crippen LogP contribution in [0.25, 0.3) is 0 Å². The van der Waals surface area contributed by atoms with Crippen molar-refractivity contribution in [1.82, 2.24) is 15.0 Å². The number of halogens is 1. The summed E-state index contributed by atoms with van der Waals surface area (Å²) in [6, 6.07) is 0.